The van der Waals surface area contributed by atoms with Crippen molar-refractivity contribution in [2.75, 3.05) is 43.4 Å². The molecule has 0 aliphatic carbocycles. The summed E-state index contributed by atoms with van der Waals surface area (Å²) in [7, 11) is 0. The zero-order valence-corrected chi connectivity index (χ0v) is 18.4. The summed E-state index contributed by atoms with van der Waals surface area (Å²) in [6, 6.07) is 5.27. The van der Waals surface area contributed by atoms with Crippen LogP contribution in [0.4, 0.5) is 20.4 Å². The highest BCUT2D eigenvalue weighted by Gasteiger charge is 2.18. The fourth-order valence-corrected chi connectivity index (χ4v) is 4.03. The number of hydrogen-bond acceptors (Lipinski definition) is 6. The molecule has 10 heteroatoms. The maximum atomic E-state index is 13.5. The number of rotatable bonds is 6. The predicted molar refractivity (Wildman–Crippen MR) is 122 cm³/mol. The van der Waals surface area contributed by atoms with Crippen molar-refractivity contribution in [1.82, 2.24) is 24.6 Å². The summed E-state index contributed by atoms with van der Waals surface area (Å²) in [5.41, 5.74) is 8.29. The quantitative estimate of drug-likeness (QED) is 0.568. The first-order valence-corrected chi connectivity index (χ1v) is 10.8. The molecule has 7 nitrogen and oxygen atoms in total. The summed E-state index contributed by atoms with van der Waals surface area (Å²) >= 11 is 6.00. The van der Waals surface area contributed by atoms with E-state index in [2.05, 4.69) is 26.0 Å². The second-order valence-electron chi connectivity index (χ2n) is 7.54. The van der Waals surface area contributed by atoms with Crippen molar-refractivity contribution < 1.29 is 8.78 Å². The molecule has 0 atom stereocenters. The van der Waals surface area contributed by atoms with Crippen LogP contribution in [0, 0.1) is 11.6 Å². The Hall–Kier alpha value is -3.04. The molecule has 1 fully saturated rings. The number of nitrogen functional groups attached to an aromatic ring is 1. The molecule has 168 valence electrons. The van der Waals surface area contributed by atoms with Crippen LogP contribution in [0.15, 0.2) is 36.5 Å². The second kappa shape index (κ2) is 9.62. The summed E-state index contributed by atoms with van der Waals surface area (Å²) in [6.45, 7) is 5.86. The van der Waals surface area contributed by atoms with Crippen LogP contribution in [0.5, 0.6) is 0 Å². The van der Waals surface area contributed by atoms with Gasteiger partial charge in [-0.15, -0.1) is 0 Å². The van der Waals surface area contributed by atoms with Crippen molar-refractivity contribution in [3.05, 3.63) is 64.6 Å². The molecule has 3 heterocycles. The third-order valence-electron chi connectivity index (χ3n) is 5.40. The van der Waals surface area contributed by atoms with E-state index in [-0.39, 0.29) is 11.1 Å². The Morgan fingerprint density at radius 1 is 1.06 bits per heavy atom. The van der Waals surface area contributed by atoms with Crippen LogP contribution in [-0.4, -0.2) is 57.4 Å². The van der Waals surface area contributed by atoms with Crippen molar-refractivity contribution in [3.63, 3.8) is 0 Å². The van der Waals surface area contributed by atoms with Crippen LogP contribution in [0.1, 0.15) is 18.2 Å². The molecule has 0 amide bonds. The van der Waals surface area contributed by atoms with Gasteiger partial charge in [0, 0.05) is 56.1 Å². The van der Waals surface area contributed by atoms with Crippen LogP contribution >= 0.6 is 11.6 Å². The minimum absolute atomic E-state index is 0.0993. The van der Waals surface area contributed by atoms with Gasteiger partial charge in [0.25, 0.3) is 0 Å². The molecule has 0 spiro atoms. The largest absolute Gasteiger partial charge is 0.369 e. The highest BCUT2D eigenvalue weighted by atomic mass is 35.5. The molecule has 2 N–H and O–H groups in total. The Morgan fingerprint density at radius 2 is 1.78 bits per heavy atom. The standard InChI is InChI=1S/C22H24ClF2N7/c1-2-19-15(14-27-32(19)21-13-20(23)28-22(26)29-21)4-3-5-30-6-8-31(9-7-30)18-11-16(24)10-17(25)12-18/h3-4,10-14H,2,5-9H2,1H3,(H2,26,28,29)/b4-3+. The molecule has 0 bridgehead atoms. The van der Waals surface area contributed by atoms with Gasteiger partial charge in [0.1, 0.15) is 16.8 Å². The SMILES string of the molecule is CCc1c(/C=C/CN2CCN(c3cc(F)cc(F)c3)CC2)cnn1-c1cc(Cl)nc(N)n1. The van der Waals surface area contributed by atoms with Crippen LogP contribution in [-0.2, 0) is 6.42 Å². The van der Waals surface area contributed by atoms with E-state index in [9.17, 15) is 8.78 Å². The molecule has 0 unspecified atom stereocenters. The van der Waals surface area contributed by atoms with E-state index in [0.29, 0.717) is 24.6 Å². The van der Waals surface area contributed by atoms with Gasteiger partial charge in [0.05, 0.1) is 11.9 Å². The van der Waals surface area contributed by atoms with Crippen molar-refractivity contribution >= 4 is 29.3 Å². The van der Waals surface area contributed by atoms with Gasteiger partial charge in [-0.2, -0.15) is 10.1 Å². The van der Waals surface area contributed by atoms with Gasteiger partial charge in [0.15, 0.2) is 5.82 Å². The highest BCUT2D eigenvalue weighted by molar-refractivity contribution is 6.29. The maximum Gasteiger partial charge on any atom is 0.223 e. The van der Waals surface area contributed by atoms with E-state index in [1.54, 1.807) is 16.9 Å². The number of nitrogens with zero attached hydrogens (tertiary/aromatic N) is 6. The minimum Gasteiger partial charge on any atom is -0.369 e. The van der Waals surface area contributed by atoms with Gasteiger partial charge in [-0.3, -0.25) is 4.90 Å². The first kappa shape index (κ1) is 22.2. The van der Waals surface area contributed by atoms with Crippen LogP contribution < -0.4 is 10.6 Å². The fraction of sp³-hybridized carbons (Fsp3) is 0.318. The van der Waals surface area contributed by atoms with E-state index in [1.165, 1.54) is 12.1 Å². The Labute approximate surface area is 190 Å². The number of piperazine rings is 1. The number of benzene rings is 1. The first-order valence-electron chi connectivity index (χ1n) is 10.4. The molecular weight excluding hydrogens is 436 g/mol. The number of anilines is 2. The van der Waals surface area contributed by atoms with Crippen molar-refractivity contribution in [3.8, 4) is 5.82 Å². The topological polar surface area (TPSA) is 76.1 Å². The van der Waals surface area contributed by atoms with Crippen LogP contribution in [0.2, 0.25) is 5.15 Å². The van der Waals surface area contributed by atoms with Crippen molar-refractivity contribution in [2.45, 2.75) is 13.3 Å². The average Bonchev–Trinajstić information content (AvgIpc) is 3.16. The monoisotopic (exact) mass is 459 g/mol. The zero-order valence-electron chi connectivity index (χ0n) is 17.7. The molecule has 3 aromatic rings. The van der Waals surface area contributed by atoms with Gasteiger partial charge in [-0.25, -0.2) is 18.4 Å². The Bertz CT molecular complexity index is 1080. The maximum absolute atomic E-state index is 13.5. The molecule has 1 aliphatic heterocycles. The summed E-state index contributed by atoms with van der Waals surface area (Å²) in [4.78, 5) is 12.4. The lowest BCUT2D eigenvalue weighted by molar-refractivity contribution is 0.284. The molecule has 1 saturated heterocycles. The van der Waals surface area contributed by atoms with Crippen LogP contribution in [0.25, 0.3) is 11.9 Å². The predicted octanol–water partition coefficient (Wildman–Crippen LogP) is 3.57. The molecule has 4 rings (SSSR count). The molecule has 0 radical (unpaired) electrons. The Kier molecular flexibility index (Phi) is 6.66. The molecular formula is C22H24ClF2N7. The molecule has 1 aliphatic rings. The lowest BCUT2D eigenvalue weighted by Crippen LogP contribution is -2.46. The van der Waals surface area contributed by atoms with Crippen molar-refractivity contribution in [2.24, 2.45) is 0 Å². The van der Waals surface area contributed by atoms with Gasteiger partial charge in [-0.05, 0) is 18.6 Å². The summed E-state index contributed by atoms with van der Waals surface area (Å²) in [5.74, 6) is -0.472. The normalized spacial score (nSPS) is 15.1. The second-order valence-corrected chi connectivity index (χ2v) is 7.92. The van der Waals surface area contributed by atoms with Gasteiger partial charge < -0.3 is 10.6 Å². The molecule has 2 aromatic heterocycles. The molecule has 1 aromatic carbocycles. The zero-order chi connectivity index (χ0) is 22.7. The van der Waals surface area contributed by atoms with E-state index in [0.717, 1.165) is 43.4 Å². The van der Waals surface area contributed by atoms with E-state index in [4.69, 9.17) is 17.3 Å². The number of nitrogens with two attached hydrogens (primary N) is 1. The third-order valence-corrected chi connectivity index (χ3v) is 5.59. The van der Waals surface area contributed by atoms with E-state index < -0.39 is 11.6 Å². The van der Waals surface area contributed by atoms with E-state index in [1.807, 2.05) is 17.9 Å². The Morgan fingerprint density at radius 3 is 2.44 bits per heavy atom. The molecule has 32 heavy (non-hydrogen) atoms. The minimum atomic E-state index is -0.551. The highest BCUT2D eigenvalue weighted by Crippen LogP contribution is 2.21. The van der Waals surface area contributed by atoms with E-state index >= 15 is 0 Å². The Balaban J connectivity index is 1.38. The van der Waals surface area contributed by atoms with Gasteiger partial charge in [0.2, 0.25) is 5.95 Å². The first-order chi connectivity index (χ1) is 15.4. The fourth-order valence-electron chi connectivity index (χ4n) is 3.85. The number of halogens is 3. The van der Waals surface area contributed by atoms with Crippen LogP contribution in [0.3, 0.4) is 0 Å². The van der Waals surface area contributed by atoms with Gasteiger partial charge in [-0.1, -0.05) is 30.7 Å². The average molecular weight is 460 g/mol. The third kappa shape index (κ3) is 5.05. The van der Waals surface area contributed by atoms with Crippen molar-refractivity contribution in [1.29, 1.82) is 0 Å². The lowest BCUT2D eigenvalue weighted by Gasteiger charge is -2.35. The number of aromatic nitrogens is 4. The smallest absolute Gasteiger partial charge is 0.223 e. The summed E-state index contributed by atoms with van der Waals surface area (Å²) in [6.07, 6.45) is 6.68. The lowest BCUT2D eigenvalue weighted by atomic mass is 10.2. The van der Waals surface area contributed by atoms with Gasteiger partial charge >= 0.3 is 0 Å². The molecule has 0 saturated carbocycles. The summed E-state index contributed by atoms with van der Waals surface area (Å²) in [5, 5.41) is 4.71. The summed E-state index contributed by atoms with van der Waals surface area (Å²) < 4.78 is 28.7. The number of hydrogen-bond donors (Lipinski definition) is 1.